The van der Waals surface area contributed by atoms with E-state index in [9.17, 15) is 11.4 Å². The standard InChI is InChI=1S/C30H25BO2Si/c32-31(33)26-15-11-21-30(23-26)34(27-16-6-2-7-17-27,28-18-8-3-9-19-28)29-20-10-14-25(22-29)24-12-4-1-5-13-24/h1-23,32-33H/i1D,4D,5D,11D,12D,13D,15D,21D,23D. The van der Waals surface area contributed by atoms with Gasteiger partial charge in [0.25, 0.3) is 0 Å². The summed E-state index contributed by atoms with van der Waals surface area (Å²) in [5, 5.41) is 22.5. The van der Waals surface area contributed by atoms with E-state index < -0.39 is 63.0 Å². The summed E-state index contributed by atoms with van der Waals surface area (Å²) in [4.78, 5) is 0. The van der Waals surface area contributed by atoms with Crippen molar-refractivity contribution in [1.82, 2.24) is 0 Å². The van der Waals surface area contributed by atoms with Crippen molar-refractivity contribution in [2.75, 3.05) is 0 Å². The molecule has 2 nitrogen and oxygen atoms in total. The van der Waals surface area contributed by atoms with Gasteiger partial charge >= 0.3 is 7.12 Å². The molecule has 0 saturated heterocycles. The molecule has 34 heavy (non-hydrogen) atoms. The summed E-state index contributed by atoms with van der Waals surface area (Å²) in [7, 11) is -6.05. The molecule has 0 saturated carbocycles. The Morgan fingerprint density at radius 2 is 1.18 bits per heavy atom. The second-order valence-corrected chi connectivity index (χ2v) is 11.5. The van der Waals surface area contributed by atoms with Crippen LogP contribution < -0.4 is 26.2 Å². The van der Waals surface area contributed by atoms with Gasteiger partial charge in [-0.2, -0.15) is 0 Å². The summed E-state index contributed by atoms with van der Waals surface area (Å²) >= 11 is 0. The quantitative estimate of drug-likeness (QED) is 0.299. The van der Waals surface area contributed by atoms with Crippen molar-refractivity contribution in [2.24, 2.45) is 0 Å². The van der Waals surface area contributed by atoms with E-state index in [1.807, 2.05) is 36.4 Å². The second-order valence-electron chi connectivity index (χ2n) is 7.73. The molecule has 5 aromatic carbocycles. The van der Waals surface area contributed by atoms with Crippen molar-refractivity contribution in [3.63, 3.8) is 0 Å². The van der Waals surface area contributed by atoms with Gasteiger partial charge in [0.05, 0.1) is 12.3 Å². The van der Waals surface area contributed by atoms with Crippen LogP contribution in [0.1, 0.15) is 12.3 Å². The fourth-order valence-corrected chi connectivity index (χ4v) is 8.83. The van der Waals surface area contributed by atoms with Crippen molar-refractivity contribution in [1.29, 1.82) is 0 Å². The molecule has 0 radical (unpaired) electrons. The predicted octanol–water partition coefficient (Wildman–Crippen LogP) is 2.41. The molecule has 5 aromatic rings. The molecule has 0 amide bonds. The summed E-state index contributed by atoms with van der Waals surface area (Å²) < 4.78 is 76.8. The Hall–Kier alpha value is -3.70. The first-order chi connectivity index (χ1) is 20.4. The van der Waals surface area contributed by atoms with E-state index in [-0.39, 0.29) is 22.8 Å². The Bertz CT molecular complexity index is 1790. The average molecular weight is 465 g/mol. The first kappa shape index (κ1) is 13.9. The molecular formula is C30H25BO2Si. The zero-order valence-corrected chi connectivity index (χ0v) is 19.1. The zero-order chi connectivity index (χ0) is 31.2. The molecule has 0 spiro atoms. The summed E-state index contributed by atoms with van der Waals surface area (Å²) in [5.74, 6) is 0. The molecule has 164 valence electrons. The first-order valence-electron chi connectivity index (χ1n) is 15.2. The smallest absolute Gasteiger partial charge is 0.423 e. The van der Waals surface area contributed by atoms with Gasteiger partial charge in [0.15, 0.2) is 8.07 Å². The Labute approximate surface area is 214 Å². The van der Waals surface area contributed by atoms with Gasteiger partial charge in [0.1, 0.15) is 0 Å². The van der Waals surface area contributed by atoms with Crippen LogP contribution in [-0.2, 0) is 0 Å². The molecule has 0 aliphatic carbocycles. The molecule has 0 aliphatic rings. The molecule has 0 heterocycles. The highest BCUT2D eigenvalue weighted by Crippen LogP contribution is 2.19. The highest BCUT2D eigenvalue weighted by atomic mass is 28.3. The van der Waals surface area contributed by atoms with Gasteiger partial charge in [-0.15, -0.1) is 0 Å². The predicted molar refractivity (Wildman–Crippen MR) is 145 cm³/mol. The lowest BCUT2D eigenvalue weighted by molar-refractivity contribution is 0.426. The van der Waals surface area contributed by atoms with Gasteiger partial charge in [0.2, 0.25) is 0 Å². The SMILES string of the molecule is [2H]c1c([2H])c([2H])c(-c2cccc([Si](c3ccccc3)(c3ccccc3)c3c([2H])c([2H])c([2H])c(B(O)O)c3[2H])c2)c([2H])c1[2H]. The van der Waals surface area contributed by atoms with E-state index in [4.69, 9.17) is 11.0 Å². The molecule has 4 heteroatoms. The molecule has 0 atom stereocenters. The summed E-state index contributed by atoms with van der Waals surface area (Å²) in [6, 6.07) is 20.7. The number of hydrogen-bond acceptors (Lipinski definition) is 2. The third-order valence-corrected chi connectivity index (χ3v) is 10.4. The fourth-order valence-electron chi connectivity index (χ4n) is 4.29. The van der Waals surface area contributed by atoms with Crippen LogP contribution in [0.4, 0.5) is 0 Å². The lowest BCUT2D eigenvalue weighted by Crippen LogP contribution is -2.75. The largest absolute Gasteiger partial charge is 0.488 e. The summed E-state index contributed by atoms with van der Waals surface area (Å²) in [5.41, 5.74) is -0.174. The van der Waals surface area contributed by atoms with E-state index >= 15 is 0 Å². The Morgan fingerprint density at radius 3 is 1.79 bits per heavy atom. The van der Waals surface area contributed by atoms with Crippen molar-refractivity contribution < 1.29 is 22.4 Å². The molecule has 5 rings (SSSR count). The monoisotopic (exact) mass is 465 g/mol. The minimum atomic E-state index is -3.81. The van der Waals surface area contributed by atoms with Crippen molar-refractivity contribution in [3.8, 4) is 11.1 Å². The van der Waals surface area contributed by atoms with E-state index in [0.717, 1.165) is 0 Å². The topological polar surface area (TPSA) is 40.5 Å². The van der Waals surface area contributed by atoms with Gasteiger partial charge in [0, 0.05) is 0 Å². The Morgan fingerprint density at radius 1 is 0.559 bits per heavy atom. The Kier molecular flexibility index (Phi) is 3.94. The highest BCUT2D eigenvalue weighted by molar-refractivity contribution is 7.20. The van der Waals surface area contributed by atoms with E-state index in [0.29, 0.717) is 21.1 Å². The van der Waals surface area contributed by atoms with Crippen LogP contribution in [0, 0.1) is 0 Å². The fraction of sp³-hybridized carbons (Fsp3) is 0. The van der Waals surface area contributed by atoms with Crippen LogP contribution in [0.2, 0.25) is 0 Å². The van der Waals surface area contributed by atoms with E-state index in [2.05, 4.69) is 0 Å². The lowest BCUT2D eigenvalue weighted by Gasteiger charge is -2.35. The van der Waals surface area contributed by atoms with Gasteiger partial charge in [-0.1, -0.05) is 139 Å². The molecule has 0 unspecified atom stereocenters. The van der Waals surface area contributed by atoms with Crippen molar-refractivity contribution in [3.05, 3.63) is 139 Å². The molecule has 0 aliphatic heterocycles. The van der Waals surface area contributed by atoms with Crippen LogP contribution in [-0.4, -0.2) is 25.2 Å². The third kappa shape index (κ3) is 4.04. The van der Waals surface area contributed by atoms with Crippen LogP contribution in [0.3, 0.4) is 0 Å². The van der Waals surface area contributed by atoms with Crippen LogP contribution >= 0.6 is 0 Å². The number of rotatable bonds is 6. The van der Waals surface area contributed by atoms with Gasteiger partial charge in [-0.3, -0.25) is 0 Å². The maximum absolute atomic E-state index is 10.2. The first-order valence-corrected chi connectivity index (χ1v) is 12.7. The molecule has 0 bridgehead atoms. The van der Waals surface area contributed by atoms with Crippen LogP contribution in [0.15, 0.2) is 139 Å². The van der Waals surface area contributed by atoms with E-state index in [1.54, 1.807) is 48.5 Å². The van der Waals surface area contributed by atoms with Gasteiger partial charge < -0.3 is 10.0 Å². The average Bonchev–Trinajstić information content (AvgIpc) is 3.01. The van der Waals surface area contributed by atoms with Crippen molar-refractivity contribution in [2.45, 2.75) is 0 Å². The third-order valence-electron chi connectivity index (χ3n) is 5.78. The van der Waals surface area contributed by atoms with Gasteiger partial charge in [-0.25, -0.2) is 0 Å². The number of hydrogen-bond donors (Lipinski definition) is 2. The minimum absolute atomic E-state index is 0.0109. The zero-order valence-electron chi connectivity index (χ0n) is 27.1. The molecule has 0 fully saturated rings. The maximum atomic E-state index is 10.2. The molecule has 2 N–H and O–H groups in total. The second kappa shape index (κ2) is 9.66. The molecule has 0 aromatic heterocycles. The van der Waals surface area contributed by atoms with Crippen LogP contribution in [0.25, 0.3) is 11.1 Å². The number of benzene rings is 5. The summed E-state index contributed by atoms with van der Waals surface area (Å²) in [6.07, 6.45) is 0. The van der Waals surface area contributed by atoms with Crippen molar-refractivity contribution >= 4 is 41.4 Å². The Balaban J connectivity index is 2.01. The summed E-state index contributed by atoms with van der Waals surface area (Å²) in [6.45, 7) is 0. The normalized spacial score (nSPS) is 14.9. The van der Waals surface area contributed by atoms with E-state index in [1.165, 1.54) is 0 Å². The molecular weight excluding hydrogens is 431 g/mol. The maximum Gasteiger partial charge on any atom is 0.488 e. The lowest BCUT2D eigenvalue weighted by atomic mass is 9.80. The highest BCUT2D eigenvalue weighted by Gasteiger charge is 2.41. The van der Waals surface area contributed by atoms with Gasteiger partial charge in [-0.05, 0) is 37.3 Å². The van der Waals surface area contributed by atoms with Crippen LogP contribution in [0.5, 0.6) is 0 Å². The minimum Gasteiger partial charge on any atom is -0.423 e.